The molecule has 106 valence electrons. The smallest absolute Gasteiger partial charge is 0.185 e. The normalized spacial score (nSPS) is 10.6. The summed E-state index contributed by atoms with van der Waals surface area (Å²) in [5.74, 6) is 1.60. The maximum Gasteiger partial charge on any atom is 0.185 e. The van der Waals surface area contributed by atoms with Crippen LogP contribution in [0.5, 0.6) is 5.75 Å². The Hall–Kier alpha value is -2.60. The largest absolute Gasteiger partial charge is 0.496 e. The van der Waals surface area contributed by atoms with Crippen LogP contribution in [-0.2, 0) is 0 Å². The number of ether oxygens (including phenoxy) is 1. The topological polar surface area (TPSA) is 89.7 Å². The Morgan fingerprint density at radius 1 is 1.29 bits per heavy atom. The lowest BCUT2D eigenvalue weighted by Crippen LogP contribution is -1.94. The number of hydrogen-bond acceptors (Lipinski definition) is 5. The Labute approximate surface area is 126 Å². The van der Waals surface area contributed by atoms with Gasteiger partial charge in [0.05, 0.1) is 23.4 Å². The van der Waals surface area contributed by atoms with Crippen LogP contribution in [-0.4, -0.2) is 27.3 Å². The van der Waals surface area contributed by atoms with Crippen LogP contribution in [0.25, 0.3) is 22.9 Å². The van der Waals surface area contributed by atoms with E-state index in [1.807, 2.05) is 18.2 Å². The second-order valence-electron chi connectivity index (χ2n) is 4.30. The third kappa shape index (κ3) is 2.53. The van der Waals surface area contributed by atoms with Gasteiger partial charge in [0.25, 0.3) is 0 Å². The third-order valence-corrected chi connectivity index (χ3v) is 3.28. The monoisotopic (exact) mass is 301 g/mol. The number of rotatable bonds is 3. The standard InChI is InChI=1S/C14H12ClN5O/c1-21-12-7-10(16)9(15)6-8(12)13-18-14(20-19-13)11-4-2-3-5-17-11/h2-7H,16H2,1H3,(H,18,19,20). The van der Waals surface area contributed by atoms with Crippen LogP contribution in [0.15, 0.2) is 36.5 Å². The Bertz CT molecular complexity index is 772. The second kappa shape index (κ2) is 5.41. The number of pyridine rings is 1. The SMILES string of the molecule is COc1cc(N)c(Cl)cc1-c1n[nH]c(-c2ccccn2)n1. The Kier molecular flexibility index (Phi) is 3.45. The van der Waals surface area contributed by atoms with E-state index in [0.717, 1.165) is 0 Å². The van der Waals surface area contributed by atoms with Crippen molar-refractivity contribution in [1.82, 2.24) is 20.2 Å². The van der Waals surface area contributed by atoms with Crippen LogP contribution in [0, 0.1) is 0 Å². The summed E-state index contributed by atoms with van der Waals surface area (Å²) in [6.07, 6.45) is 1.69. The highest BCUT2D eigenvalue weighted by Crippen LogP contribution is 2.34. The van der Waals surface area contributed by atoms with Crippen LogP contribution in [0.4, 0.5) is 5.69 Å². The van der Waals surface area contributed by atoms with Gasteiger partial charge in [-0.15, -0.1) is 0 Å². The van der Waals surface area contributed by atoms with Crippen LogP contribution in [0.3, 0.4) is 0 Å². The first-order valence-electron chi connectivity index (χ1n) is 6.16. The molecule has 0 saturated carbocycles. The lowest BCUT2D eigenvalue weighted by molar-refractivity contribution is 0.416. The molecular formula is C14H12ClN5O. The fourth-order valence-electron chi connectivity index (χ4n) is 1.91. The quantitative estimate of drug-likeness (QED) is 0.726. The van der Waals surface area contributed by atoms with Gasteiger partial charge in [-0.1, -0.05) is 17.7 Å². The number of anilines is 1. The zero-order chi connectivity index (χ0) is 14.8. The van der Waals surface area contributed by atoms with E-state index in [9.17, 15) is 0 Å². The molecule has 2 heterocycles. The minimum Gasteiger partial charge on any atom is -0.496 e. The van der Waals surface area contributed by atoms with Gasteiger partial charge in [-0.05, 0) is 18.2 Å². The molecule has 2 aromatic heterocycles. The van der Waals surface area contributed by atoms with Crippen molar-refractivity contribution in [3.8, 4) is 28.7 Å². The highest BCUT2D eigenvalue weighted by atomic mass is 35.5. The van der Waals surface area contributed by atoms with Crippen molar-refractivity contribution in [2.45, 2.75) is 0 Å². The van der Waals surface area contributed by atoms with E-state index in [1.165, 1.54) is 0 Å². The number of halogens is 1. The molecule has 0 aliphatic heterocycles. The van der Waals surface area contributed by atoms with Crippen molar-refractivity contribution >= 4 is 17.3 Å². The summed E-state index contributed by atoms with van der Waals surface area (Å²) in [5, 5.41) is 7.46. The Morgan fingerprint density at radius 2 is 2.14 bits per heavy atom. The average Bonchev–Trinajstić information content (AvgIpc) is 3.00. The molecule has 6 nitrogen and oxygen atoms in total. The molecular weight excluding hydrogens is 290 g/mol. The molecule has 0 fully saturated rings. The number of hydrogen-bond donors (Lipinski definition) is 2. The van der Waals surface area contributed by atoms with Gasteiger partial charge in [0.2, 0.25) is 0 Å². The first kappa shape index (κ1) is 13.4. The van der Waals surface area contributed by atoms with E-state index < -0.39 is 0 Å². The lowest BCUT2D eigenvalue weighted by atomic mass is 10.1. The third-order valence-electron chi connectivity index (χ3n) is 2.95. The predicted octanol–water partition coefficient (Wildman–Crippen LogP) is 2.78. The van der Waals surface area contributed by atoms with Crippen molar-refractivity contribution in [2.24, 2.45) is 0 Å². The molecule has 0 radical (unpaired) electrons. The fourth-order valence-corrected chi connectivity index (χ4v) is 2.08. The van der Waals surface area contributed by atoms with Gasteiger partial charge in [-0.25, -0.2) is 4.98 Å². The van der Waals surface area contributed by atoms with E-state index in [4.69, 9.17) is 22.1 Å². The first-order valence-corrected chi connectivity index (χ1v) is 6.54. The number of H-pyrrole nitrogens is 1. The zero-order valence-corrected chi connectivity index (χ0v) is 11.9. The fraction of sp³-hybridized carbons (Fsp3) is 0.0714. The summed E-state index contributed by atoms with van der Waals surface area (Å²) < 4.78 is 5.30. The van der Waals surface area contributed by atoms with Crippen molar-refractivity contribution in [3.05, 3.63) is 41.6 Å². The predicted molar refractivity (Wildman–Crippen MR) is 81.0 cm³/mol. The number of nitrogen functional groups attached to an aromatic ring is 1. The van der Waals surface area contributed by atoms with Gasteiger partial charge in [-0.3, -0.25) is 10.1 Å². The number of nitrogens with one attached hydrogen (secondary N) is 1. The van der Waals surface area contributed by atoms with Crippen LogP contribution < -0.4 is 10.5 Å². The molecule has 1 aromatic carbocycles. The second-order valence-corrected chi connectivity index (χ2v) is 4.70. The van der Waals surface area contributed by atoms with Crippen LogP contribution in [0.1, 0.15) is 0 Å². The first-order chi connectivity index (χ1) is 10.2. The molecule has 0 saturated heterocycles. The minimum absolute atomic E-state index is 0.426. The number of nitrogens with zero attached hydrogens (tertiary/aromatic N) is 3. The van der Waals surface area contributed by atoms with Gasteiger partial charge >= 0.3 is 0 Å². The van der Waals surface area contributed by atoms with Gasteiger partial charge in [0.1, 0.15) is 11.4 Å². The summed E-state index contributed by atoms with van der Waals surface area (Å²) in [4.78, 5) is 8.64. The highest BCUT2D eigenvalue weighted by Gasteiger charge is 2.15. The molecule has 21 heavy (non-hydrogen) atoms. The van der Waals surface area contributed by atoms with Gasteiger partial charge in [0.15, 0.2) is 11.6 Å². The number of aromatic nitrogens is 4. The van der Waals surface area contributed by atoms with Crippen LogP contribution >= 0.6 is 11.6 Å². The van der Waals surface area contributed by atoms with Gasteiger partial charge in [-0.2, -0.15) is 5.10 Å². The number of methoxy groups -OCH3 is 1. The Morgan fingerprint density at radius 3 is 2.86 bits per heavy atom. The summed E-state index contributed by atoms with van der Waals surface area (Å²) in [6.45, 7) is 0. The number of benzene rings is 1. The van der Waals surface area contributed by atoms with Crippen molar-refractivity contribution in [1.29, 1.82) is 0 Å². The molecule has 0 aliphatic carbocycles. The van der Waals surface area contributed by atoms with E-state index in [0.29, 0.717) is 39.4 Å². The average molecular weight is 302 g/mol. The van der Waals surface area contributed by atoms with Crippen molar-refractivity contribution in [2.75, 3.05) is 12.8 Å². The molecule has 0 atom stereocenters. The molecule has 0 bridgehead atoms. The van der Waals surface area contributed by atoms with Crippen molar-refractivity contribution < 1.29 is 4.74 Å². The molecule has 3 aromatic rings. The number of nitrogens with two attached hydrogens (primary N) is 1. The van der Waals surface area contributed by atoms with E-state index in [1.54, 1.807) is 25.4 Å². The Balaban J connectivity index is 2.06. The zero-order valence-electron chi connectivity index (χ0n) is 11.2. The number of aromatic amines is 1. The maximum absolute atomic E-state index is 6.06. The van der Waals surface area contributed by atoms with E-state index in [-0.39, 0.29) is 0 Å². The van der Waals surface area contributed by atoms with E-state index >= 15 is 0 Å². The highest BCUT2D eigenvalue weighted by molar-refractivity contribution is 6.33. The van der Waals surface area contributed by atoms with Gasteiger partial charge < -0.3 is 10.5 Å². The molecule has 0 unspecified atom stereocenters. The summed E-state index contributed by atoms with van der Waals surface area (Å²) >= 11 is 6.06. The molecule has 3 N–H and O–H groups in total. The van der Waals surface area contributed by atoms with E-state index in [2.05, 4.69) is 20.2 Å². The molecule has 7 heteroatoms. The molecule has 0 aliphatic rings. The lowest BCUT2D eigenvalue weighted by Gasteiger charge is -2.07. The maximum atomic E-state index is 6.06. The van der Waals surface area contributed by atoms with Crippen LogP contribution in [0.2, 0.25) is 5.02 Å². The molecule has 0 amide bonds. The summed E-state index contributed by atoms with van der Waals surface area (Å²) in [7, 11) is 1.55. The molecule has 0 spiro atoms. The summed E-state index contributed by atoms with van der Waals surface area (Å²) in [6, 6.07) is 8.89. The van der Waals surface area contributed by atoms with Crippen molar-refractivity contribution in [3.63, 3.8) is 0 Å². The van der Waals surface area contributed by atoms with Gasteiger partial charge in [0, 0.05) is 12.3 Å². The minimum atomic E-state index is 0.426. The summed E-state index contributed by atoms with van der Waals surface area (Å²) in [5.41, 5.74) is 7.58. The molecule has 3 rings (SSSR count).